The molecule has 4 atom stereocenters. The van der Waals surface area contributed by atoms with Crippen molar-refractivity contribution >= 4 is 11.9 Å². The maximum Gasteiger partial charge on any atom is 0.307 e. The third kappa shape index (κ3) is 2.80. The molecule has 5 heteroatoms. The number of hydrogen-bond acceptors (Lipinski definition) is 3. The summed E-state index contributed by atoms with van der Waals surface area (Å²) in [6.45, 7) is 2.72. The minimum atomic E-state index is -0.797. The van der Waals surface area contributed by atoms with E-state index in [1.807, 2.05) is 6.92 Å². The maximum atomic E-state index is 12.6. The molecule has 0 unspecified atom stereocenters. The maximum absolute atomic E-state index is 12.6. The Morgan fingerprint density at radius 1 is 1.10 bits per heavy atom. The van der Waals surface area contributed by atoms with Gasteiger partial charge in [0.25, 0.3) is 0 Å². The van der Waals surface area contributed by atoms with Gasteiger partial charge in [0.2, 0.25) is 5.91 Å². The molecule has 4 fully saturated rings. The van der Waals surface area contributed by atoms with E-state index in [0.717, 1.165) is 45.1 Å². The van der Waals surface area contributed by atoms with Gasteiger partial charge in [-0.3, -0.25) is 9.59 Å². The number of rotatable bonds is 4. The van der Waals surface area contributed by atoms with Gasteiger partial charge in [0, 0.05) is 6.61 Å². The summed E-state index contributed by atoms with van der Waals surface area (Å²) in [5.74, 6) is -1.28. The van der Waals surface area contributed by atoms with Crippen LogP contribution in [0.25, 0.3) is 0 Å². The summed E-state index contributed by atoms with van der Waals surface area (Å²) in [5, 5.41) is 12.6. The molecule has 0 spiro atoms. The first-order chi connectivity index (χ1) is 10.1. The largest absolute Gasteiger partial charge is 0.481 e. The Kier molecular flexibility index (Phi) is 4.20. The Morgan fingerprint density at radius 3 is 2.24 bits per heavy atom. The predicted octanol–water partition coefficient (Wildman–Crippen LogP) is 1.81. The standard InChI is InChI=1S/C16H25NO4/c1-9(12-3-2-8-21-12)17-15(18)13-10-4-6-11(7-5-10)14(13)16(19)20/h9-14H,2-8H2,1H3,(H,17,18)(H,19,20)/t9-,10?,11?,12+,13+,14-/m0/s1. The highest BCUT2D eigenvalue weighted by Crippen LogP contribution is 2.49. The smallest absolute Gasteiger partial charge is 0.307 e. The molecule has 3 saturated carbocycles. The second-order valence-corrected chi connectivity index (χ2v) is 6.91. The zero-order chi connectivity index (χ0) is 15.0. The van der Waals surface area contributed by atoms with Gasteiger partial charge in [-0.2, -0.15) is 0 Å². The molecular weight excluding hydrogens is 270 g/mol. The summed E-state index contributed by atoms with van der Waals surface area (Å²) in [7, 11) is 0. The van der Waals surface area contributed by atoms with Crippen molar-refractivity contribution in [3.05, 3.63) is 0 Å². The van der Waals surface area contributed by atoms with E-state index in [1.54, 1.807) is 0 Å². The van der Waals surface area contributed by atoms with Gasteiger partial charge in [0.15, 0.2) is 0 Å². The Morgan fingerprint density at radius 2 is 1.71 bits per heavy atom. The molecule has 3 aliphatic carbocycles. The second kappa shape index (κ2) is 5.95. The number of fused-ring (bicyclic) bond motifs is 3. The van der Waals surface area contributed by atoms with E-state index in [4.69, 9.17) is 4.74 Å². The van der Waals surface area contributed by atoms with Crippen LogP contribution in [0.4, 0.5) is 0 Å². The lowest BCUT2D eigenvalue weighted by molar-refractivity contribution is -0.158. The van der Waals surface area contributed by atoms with Gasteiger partial charge >= 0.3 is 5.97 Å². The predicted molar refractivity (Wildman–Crippen MR) is 76.6 cm³/mol. The molecular formula is C16H25NO4. The molecule has 1 amide bonds. The average Bonchev–Trinajstić information content (AvgIpc) is 3.01. The van der Waals surface area contributed by atoms with Gasteiger partial charge in [-0.05, 0) is 57.3 Å². The monoisotopic (exact) mass is 295 g/mol. The van der Waals surface area contributed by atoms with Crippen LogP contribution >= 0.6 is 0 Å². The van der Waals surface area contributed by atoms with Crippen molar-refractivity contribution in [2.75, 3.05) is 6.61 Å². The fourth-order valence-electron chi connectivity index (χ4n) is 4.59. The molecule has 21 heavy (non-hydrogen) atoms. The summed E-state index contributed by atoms with van der Waals surface area (Å²) in [6, 6.07) is -0.0325. The molecule has 2 N–H and O–H groups in total. The molecule has 1 aliphatic heterocycles. The Labute approximate surface area is 125 Å². The number of nitrogens with one attached hydrogen (secondary N) is 1. The summed E-state index contributed by atoms with van der Waals surface area (Å²) in [5.41, 5.74) is 0. The molecule has 0 radical (unpaired) electrons. The fourth-order valence-corrected chi connectivity index (χ4v) is 4.59. The van der Waals surface area contributed by atoms with Crippen LogP contribution in [-0.4, -0.2) is 35.7 Å². The lowest BCUT2D eigenvalue weighted by Crippen LogP contribution is -2.53. The summed E-state index contributed by atoms with van der Waals surface area (Å²) >= 11 is 0. The van der Waals surface area contributed by atoms with Crippen molar-refractivity contribution < 1.29 is 19.4 Å². The first kappa shape index (κ1) is 14.8. The lowest BCUT2D eigenvalue weighted by atomic mass is 9.58. The number of carboxylic acid groups (broad SMARTS) is 1. The fraction of sp³-hybridized carbons (Fsp3) is 0.875. The molecule has 1 heterocycles. The number of amides is 1. The van der Waals surface area contributed by atoms with Crippen LogP contribution in [0.2, 0.25) is 0 Å². The zero-order valence-electron chi connectivity index (χ0n) is 12.6. The highest BCUT2D eigenvalue weighted by Gasteiger charge is 2.50. The first-order valence-corrected chi connectivity index (χ1v) is 8.22. The number of carboxylic acids is 1. The van der Waals surface area contributed by atoms with E-state index in [-0.39, 0.29) is 35.8 Å². The minimum absolute atomic E-state index is 0.0325. The van der Waals surface area contributed by atoms with Gasteiger partial charge in [-0.1, -0.05) is 0 Å². The molecule has 4 rings (SSSR count). The number of hydrogen-bond donors (Lipinski definition) is 2. The van der Waals surface area contributed by atoms with E-state index in [9.17, 15) is 14.7 Å². The Bertz CT molecular complexity index is 411. The van der Waals surface area contributed by atoms with Gasteiger partial charge < -0.3 is 15.2 Å². The van der Waals surface area contributed by atoms with Crippen LogP contribution < -0.4 is 5.32 Å². The molecule has 0 aromatic rings. The van der Waals surface area contributed by atoms with Crippen molar-refractivity contribution in [2.24, 2.45) is 23.7 Å². The molecule has 118 valence electrons. The van der Waals surface area contributed by atoms with Gasteiger partial charge in [-0.25, -0.2) is 0 Å². The SMILES string of the molecule is C[C@H](NC(=O)[C@@H]1C2CCC(CC2)[C@@H]1C(=O)O)[C@H]1CCCO1. The Hall–Kier alpha value is -1.10. The Balaban J connectivity index is 1.68. The van der Waals surface area contributed by atoms with E-state index < -0.39 is 11.9 Å². The van der Waals surface area contributed by atoms with Gasteiger partial charge in [0.05, 0.1) is 24.0 Å². The summed E-state index contributed by atoms with van der Waals surface area (Å²) < 4.78 is 5.61. The molecule has 5 nitrogen and oxygen atoms in total. The lowest BCUT2D eigenvalue weighted by Gasteiger charge is -2.46. The van der Waals surface area contributed by atoms with Crippen molar-refractivity contribution in [3.8, 4) is 0 Å². The van der Waals surface area contributed by atoms with Crippen LogP contribution in [0, 0.1) is 23.7 Å². The summed E-state index contributed by atoms with van der Waals surface area (Å²) in [6.07, 6.45) is 6.02. The second-order valence-electron chi connectivity index (χ2n) is 6.91. The van der Waals surface area contributed by atoms with Crippen LogP contribution in [0.1, 0.15) is 45.4 Å². The van der Waals surface area contributed by atoms with Gasteiger partial charge in [0.1, 0.15) is 0 Å². The van der Waals surface area contributed by atoms with Crippen LogP contribution in [0.15, 0.2) is 0 Å². The molecule has 1 saturated heterocycles. The topological polar surface area (TPSA) is 75.6 Å². The van der Waals surface area contributed by atoms with E-state index >= 15 is 0 Å². The van der Waals surface area contributed by atoms with Crippen molar-refractivity contribution in [2.45, 2.75) is 57.6 Å². The highest BCUT2D eigenvalue weighted by atomic mass is 16.5. The van der Waals surface area contributed by atoms with Crippen LogP contribution in [-0.2, 0) is 14.3 Å². The minimum Gasteiger partial charge on any atom is -0.481 e. The average molecular weight is 295 g/mol. The quantitative estimate of drug-likeness (QED) is 0.829. The van der Waals surface area contributed by atoms with Crippen molar-refractivity contribution in [3.63, 3.8) is 0 Å². The normalized spacial score (nSPS) is 40.0. The first-order valence-electron chi connectivity index (χ1n) is 8.22. The highest BCUT2D eigenvalue weighted by molar-refractivity contribution is 5.85. The van der Waals surface area contributed by atoms with Crippen LogP contribution in [0.5, 0.6) is 0 Å². The summed E-state index contributed by atoms with van der Waals surface area (Å²) in [4.78, 5) is 24.2. The van der Waals surface area contributed by atoms with E-state index in [1.165, 1.54) is 0 Å². The molecule has 0 aromatic carbocycles. The number of carbonyl (C=O) groups is 2. The van der Waals surface area contributed by atoms with Crippen molar-refractivity contribution in [1.82, 2.24) is 5.32 Å². The molecule has 2 bridgehead atoms. The zero-order valence-corrected chi connectivity index (χ0v) is 12.6. The van der Waals surface area contributed by atoms with Gasteiger partial charge in [-0.15, -0.1) is 0 Å². The molecule has 4 aliphatic rings. The van der Waals surface area contributed by atoms with Crippen LogP contribution in [0.3, 0.4) is 0 Å². The number of ether oxygens (including phenoxy) is 1. The van der Waals surface area contributed by atoms with E-state index in [2.05, 4.69) is 5.32 Å². The molecule has 0 aromatic heterocycles. The number of carbonyl (C=O) groups excluding carboxylic acids is 1. The van der Waals surface area contributed by atoms with Crippen molar-refractivity contribution in [1.29, 1.82) is 0 Å². The number of aliphatic carboxylic acids is 1. The third-order valence-corrected chi connectivity index (χ3v) is 5.70. The third-order valence-electron chi connectivity index (χ3n) is 5.70. The van der Waals surface area contributed by atoms with E-state index in [0.29, 0.717) is 0 Å².